The summed E-state index contributed by atoms with van der Waals surface area (Å²) in [4.78, 5) is 24.5. The van der Waals surface area contributed by atoms with Gasteiger partial charge in [-0.25, -0.2) is 0 Å². The van der Waals surface area contributed by atoms with Crippen molar-refractivity contribution < 1.29 is 9.59 Å². The molecule has 0 spiro atoms. The third kappa shape index (κ3) is 4.60. The molecule has 0 heterocycles. The predicted octanol–water partition coefficient (Wildman–Crippen LogP) is 2.44. The molecule has 1 rings (SSSR count). The monoisotopic (exact) mass is 287 g/mol. The Morgan fingerprint density at radius 1 is 1.00 bits per heavy atom. The molecule has 5 heteroatoms. The van der Waals surface area contributed by atoms with Gasteiger partial charge in [0.25, 0.3) is 0 Å². The molecule has 2 amide bonds. The molecule has 0 fully saturated rings. The average molecular weight is 287 g/mol. The van der Waals surface area contributed by atoms with E-state index in [2.05, 4.69) is 10.6 Å². The molecule has 1 aromatic carbocycles. The Bertz CT molecular complexity index is 575. The first-order chi connectivity index (χ1) is 9.56. The lowest BCUT2D eigenvalue weighted by Gasteiger charge is -2.28. The molecule has 0 unspecified atom stereocenters. The fourth-order valence-corrected chi connectivity index (χ4v) is 1.52. The van der Waals surface area contributed by atoms with Crippen molar-refractivity contribution in [3.8, 4) is 6.07 Å². The second-order valence-corrected chi connectivity index (χ2v) is 6.47. The van der Waals surface area contributed by atoms with Gasteiger partial charge in [-0.3, -0.25) is 9.59 Å². The molecule has 21 heavy (non-hydrogen) atoms. The third-order valence-corrected chi connectivity index (χ3v) is 2.90. The SMILES string of the molecule is CC(C)(C)NC(=O)C(C)(C)C(=O)Nc1ccc(C#N)cc1. The molecule has 0 aromatic heterocycles. The molecule has 0 saturated heterocycles. The Kier molecular flexibility index (Phi) is 4.74. The maximum absolute atomic E-state index is 12.3. The highest BCUT2D eigenvalue weighted by atomic mass is 16.2. The van der Waals surface area contributed by atoms with E-state index in [0.717, 1.165) is 0 Å². The smallest absolute Gasteiger partial charge is 0.239 e. The highest BCUT2D eigenvalue weighted by molar-refractivity contribution is 6.10. The van der Waals surface area contributed by atoms with Crippen molar-refractivity contribution in [3.63, 3.8) is 0 Å². The maximum atomic E-state index is 12.3. The lowest BCUT2D eigenvalue weighted by Crippen LogP contribution is -2.51. The van der Waals surface area contributed by atoms with Crippen LogP contribution in [-0.2, 0) is 9.59 Å². The Balaban J connectivity index is 2.81. The first kappa shape index (κ1) is 16.7. The van der Waals surface area contributed by atoms with Crippen LogP contribution in [0.15, 0.2) is 24.3 Å². The van der Waals surface area contributed by atoms with Gasteiger partial charge in [-0.1, -0.05) is 0 Å². The topological polar surface area (TPSA) is 82.0 Å². The van der Waals surface area contributed by atoms with Crippen molar-refractivity contribution in [2.45, 2.75) is 40.2 Å². The minimum atomic E-state index is -1.19. The number of anilines is 1. The second-order valence-electron chi connectivity index (χ2n) is 6.47. The number of nitrogens with one attached hydrogen (secondary N) is 2. The number of carbonyl (C=O) groups is 2. The molecule has 1 aromatic rings. The van der Waals surface area contributed by atoms with Gasteiger partial charge in [-0.05, 0) is 58.9 Å². The van der Waals surface area contributed by atoms with E-state index in [1.165, 1.54) is 0 Å². The first-order valence-corrected chi connectivity index (χ1v) is 6.70. The van der Waals surface area contributed by atoms with Crippen LogP contribution >= 0.6 is 0 Å². The summed E-state index contributed by atoms with van der Waals surface area (Å²) in [5.41, 5.74) is -0.530. The van der Waals surface area contributed by atoms with E-state index in [9.17, 15) is 9.59 Å². The fourth-order valence-electron chi connectivity index (χ4n) is 1.52. The van der Waals surface area contributed by atoms with Gasteiger partial charge in [0.05, 0.1) is 11.6 Å². The number of hydrogen-bond acceptors (Lipinski definition) is 3. The van der Waals surface area contributed by atoms with Crippen molar-refractivity contribution in [1.82, 2.24) is 5.32 Å². The Labute approximate surface area is 125 Å². The van der Waals surface area contributed by atoms with Crippen LogP contribution in [0.4, 0.5) is 5.69 Å². The summed E-state index contributed by atoms with van der Waals surface area (Å²) >= 11 is 0. The molecule has 0 radical (unpaired) electrons. The zero-order valence-electron chi connectivity index (χ0n) is 13.1. The lowest BCUT2D eigenvalue weighted by molar-refractivity contribution is -0.139. The Morgan fingerprint density at radius 2 is 1.52 bits per heavy atom. The number of carbonyl (C=O) groups excluding carboxylic acids is 2. The fraction of sp³-hybridized carbons (Fsp3) is 0.438. The normalized spacial score (nSPS) is 11.4. The molecular formula is C16H21N3O2. The predicted molar refractivity (Wildman–Crippen MR) is 81.5 cm³/mol. The molecule has 0 atom stereocenters. The summed E-state index contributed by atoms with van der Waals surface area (Å²) in [6.45, 7) is 8.73. The molecule has 0 bridgehead atoms. The van der Waals surface area contributed by atoms with E-state index in [1.807, 2.05) is 26.8 Å². The van der Waals surface area contributed by atoms with Gasteiger partial charge in [0.15, 0.2) is 0 Å². The van der Waals surface area contributed by atoms with Crippen molar-refractivity contribution in [2.75, 3.05) is 5.32 Å². The third-order valence-electron chi connectivity index (χ3n) is 2.90. The molecule has 2 N–H and O–H groups in total. The Hall–Kier alpha value is -2.35. The van der Waals surface area contributed by atoms with Gasteiger partial charge in [0.2, 0.25) is 11.8 Å². The van der Waals surface area contributed by atoms with E-state index in [1.54, 1.807) is 38.1 Å². The standard InChI is InChI=1S/C16H21N3O2/c1-15(2,3)19-14(21)16(4,5)13(20)18-12-8-6-11(10-17)7-9-12/h6-9H,1-5H3,(H,18,20)(H,19,21). The largest absolute Gasteiger partial charge is 0.351 e. The molecule has 0 aliphatic rings. The van der Waals surface area contributed by atoms with Gasteiger partial charge in [-0.2, -0.15) is 5.26 Å². The van der Waals surface area contributed by atoms with E-state index >= 15 is 0 Å². The van der Waals surface area contributed by atoms with Crippen molar-refractivity contribution in [1.29, 1.82) is 5.26 Å². The van der Waals surface area contributed by atoms with Gasteiger partial charge in [-0.15, -0.1) is 0 Å². The molecule has 5 nitrogen and oxygen atoms in total. The maximum Gasteiger partial charge on any atom is 0.239 e. The first-order valence-electron chi connectivity index (χ1n) is 6.70. The number of rotatable bonds is 3. The van der Waals surface area contributed by atoms with Crippen LogP contribution in [0.5, 0.6) is 0 Å². The quantitative estimate of drug-likeness (QED) is 0.838. The summed E-state index contributed by atoms with van der Waals surface area (Å²) in [5, 5.41) is 14.2. The zero-order valence-corrected chi connectivity index (χ0v) is 13.1. The van der Waals surface area contributed by atoms with Gasteiger partial charge < -0.3 is 10.6 Å². The molecule has 112 valence electrons. The molecule has 0 saturated carbocycles. The highest BCUT2D eigenvalue weighted by Gasteiger charge is 2.37. The lowest BCUT2D eigenvalue weighted by atomic mass is 9.89. The number of hydrogen-bond donors (Lipinski definition) is 2. The van der Waals surface area contributed by atoms with Crippen molar-refractivity contribution in [2.24, 2.45) is 5.41 Å². The molecule has 0 aliphatic carbocycles. The van der Waals surface area contributed by atoms with Crippen LogP contribution in [0, 0.1) is 16.7 Å². The van der Waals surface area contributed by atoms with Crippen LogP contribution in [0.2, 0.25) is 0 Å². The van der Waals surface area contributed by atoms with Gasteiger partial charge in [0, 0.05) is 11.2 Å². The summed E-state index contributed by atoms with van der Waals surface area (Å²) in [6, 6.07) is 8.49. The van der Waals surface area contributed by atoms with Gasteiger partial charge in [0.1, 0.15) is 5.41 Å². The number of nitriles is 1. The zero-order chi connectivity index (χ0) is 16.3. The minimum Gasteiger partial charge on any atom is -0.351 e. The van der Waals surface area contributed by atoms with Crippen LogP contribution < -0.4 is 10.6 Å². The summed E-state index contributed by atoms with van der Waals surface area (Å²) < 4.78 is 0. The van der Waals surface area contributed by atoms with E-state index in [0.29, 0.717) is 11.3 Å². The summed E-state index contributed by atoms with van der Waals surface area (Å²) in [7, 11) is 0. The van der Waals surface area contributed by atoms with Crippen molar-refractivity contribution >= 4 is 17.5 Å². The molecule has 0 aliphatic heterocycles. The van der Waals surface area contributed by atoms with E-state index in [4.69, 9.17) is 5.26 Å². The van der Waals surface area contributed by atoms with E-state index < -0.39 is 16.9 Å². The molecular weight excluding hydrogens is 266 g/mol. The van der Waals surface area contributed by atoms with Crippen molar-refractivity contribution in [3.05, 3.63) is 29.8 Å². The minimum absolute atomic E-state index is 0.332. The number of nitrogens with zero attached hydrogens (tertiary/aromatic N) is 1. The van der Waals surface area contributed by atoms with Crippen LogP contribution in [0.25, 0.3) is 0 Å². The van der Waals surface area contributed by atoms with Crippen LogP contribution in [0.1, 0.15) is 40.2 Å². The van der Waals surface area contributed by atoms with E-state index in [-0.39, 0.29) is 5.91 Å². The van der Waals surface area contributed by atoms with Gasteiger partial charge >= 0.3 is 0 Å². The number of amides is 2. The summed E-state index contributed by atoms with van der Waals surface area (Å²) in [6.07, 6.45) is 0. The number of benzene rings is 1. The van der Waals surface area contributed by atoms with Crippen LogP contribution in [-0.4, -0.2) is 17.4 Å². The summed E-state index contributed by atoms with van der Waals surface area (Å²) in [5.74, 6) is -0.727. The second kappa shape index (κ2) is 5.96. The average Bonchev–Trinajstić information content (AvgIpc) is 2.37. The highest BCUT2D eigenvalue weighted by Crippen LogP contribution is 2.20. The van der Waals surface area contributed by atoms with Crippen LogP contribution in [0.3, 0.4) is 0 Å². The Morgan fingerprint density at radius 3 is 1.95 bits per heavy atom.